The molecule has 1 unspecified atom stereocenters. The number of halogens is 1. The van der Waals surface area contributed by atoms with Crippen molar-refractivity contribution in [2.24, 2.45) is 0 Å². The van der Waals surface area contributed by atoms with Crippen LogP contribution in [0.5, 0.6) is 0 Å². The van der Waals surface area contributed by atoms with Gasteiger partial charge in [0.15, 0.2) is 5.58 Å². The molecule has 3 saturated heterocycles. The number of carbonyl (C=O) groups excluding carboxylic acids is 3. The summed E-state index contributed by atoms with van der Waals surface area (Å²) in [5.74, 6) is -0.570. The maximum Gasteiger partial charge on any atom is 0.417 e. The van der Waals surface area contributed by atoms with Crippen LogP contribution in [0, 0.1) is 0 Å². The van der Waals surface area contributed by atoms with Crippen molar-refractivity contribution < 1.29 is 18.8 Å². The van der Waals surface area contributed by atoms with Crippen LogP contribution in [0.15, 0.2) is 45.6 Å². The average molecular weight is 678 g/mol. The Balaban J connectivity index is 0.994. The summed E-state index contributed by atoms with van der Waals surface area (Å²) in [4.78, 5) is 62.8. The van der Waals surface area contributed by atoms with Crippen LogP contribution in [0.2, 0.25) is 5.02 Å². The van der Waals surface area contributed by atoms with Crippen LogP contribution in [-0.2, 0) is 17.8 Å². The van der Waals surface area contributed by atoms with E-state index in [9.17, 15) is 19.2 Å². The summed E-state index contributed by atoms with van der Waals surface area (Å²) in [6.07, 6.45) is 7.57. The van der Waals surface area contributed by atoms with Crippen LogP contribution in [0.3, 0.4) is 0 Å². The molecule has 0 aliphatic carbocycles. The molecule has 0 spiro atoms. The van der Waals surface area contributed by atoms with E-state index >= 15 is 0 Å². The van der Waals surface area contributed by atoms with Gasteiger partial charge in [-0.05, 0) is 87.4 Å². The second-order valence-corrected chi connectivity index (χ2v) is 14.1. The minimum absolute atomic E-state index is 0.0212. The van der Waals surface area contributed by atoms with Gasteiger partial charge in [-0.15, -0.1) is 0 Å². The number of oxazole rings is 1. The Labute approximate surface area is 284 Å². The first-order valence-corrected chi connectivity index (χ1v) is 17.7. The van der Waals surface area contributed by atoms with E-state index in [2.05, 4.69) is 20.5 Å². The predicted octanol–water partition coefficient (Wildman–Crippen LogP) is 4.77. The topological polar surface area (TPSA) is 134 Å². The third-order valence-corrected chi connectivity index (χ3v) is 10.8. The van der Waals surface area contributed by atoms with Gasteiger partial charge in [0.25, 0.3) is 0 Å². The monoisotopic (exact) mass is 677 g/mol. The van der Waals surface area contributed by atoms with E-state index < -0.39 is 11.8 Å². The highest BCUT2D eigenvalue weighted by Crippen LogP contribution is 2.29. The van der Waals surface area contributed by atoms with Crippen LogP contribution in [0.4, 0.5) is 15.3 Å². The van der Waals surface area contributed by atoms with E-state index in [4.69, 9.17) is 16.0 Å². The highest BCUT2D eigenvalue weighted by Gasteiger charge is 2.34. The number of hydrogen-bond acceptors (Lipinski definition) is 6. The number of aromatic nitrogens is 1. The Morgan fingerprint density at radius 3 is 2.40 bits per heavy atom. The zero-order chi connectivity index (χ0) is 33.2. The first-order chi connectivity index (χ1) is 23.3. The number of hydrogen-bond donors (Lipinski definition) is 3. The number of aromatic amines is 1. The van der Waals surface area contributed by atoms with Gasteiger partial charge in [0.2, 0.25) is 5.91 Å². The molecule has 256 valence electrons. The lowest BCUT2D eigenvalue weighted by Crippen LogP contribution is -2.54. The maximum atomic E-state index is 13.7. The van der Waals surface area contributed by atoms with Crippen molar-refractivity contribution in [2.45, 2.75) is 82.5 Å². The summed E-state index contributed by atoms with van der Waals surface area (Å²) < 4.78 is 5.27. The summed E-state index contributed by atoms with van der Waals surface area (Å²) in [5.41, 5.74) is 3.45. The first-order valence-electron chi connectivity index (χ1n) is 17.3. The Morgan fingerprint density at radius 2 is 1.62 bits per heavy atom. The van der Waals surface area contributed by atoms with E-state index in [1.54, 1.807) is 17.0 Å². The molecule has 13 heteroatoms. The molecule has 1 atom stereocenters. The highest BCUT2D eigenvalue weighted by atomic mass is 35.5. The number of nitrogens with one attached hydrogen (secondary N) is 3. The van der Waals surface area contributed by atoms with Gasteiger partial charge in [-0.1, -0.05) is 36.2 Å². The Morgan fingerprint density at radius 1 is 0.917 bits per heavy atom. The quantitative estimate of drug-likeness (QED) is 0.330. The van der Waals surface area contributed by atoms with Gasteiger partial charge in [0.1, 0.15) is 5.52 Å². The second kappa shape index (κ2) is 14.2. The van der Waals surface area contributed by atoms with Crippen LogP contribution in [-0.4, -0.2) is 99.9 Å². The van der Waals surface area contributed by atoms with Crippen molar-refractivity contribution in [1.82, 2.24) is 29.9 Å². The lowest BCUT2D eigenvalue weighted by atomic mass is 9.98. The number of fused-ring (bicyclic) bond motifs is 2. The number of urea groups is 2. The summed E-state index contributed by atoms with van der Waals surface area (Å²) >= 11 is 6.47. The second-order valence-electron chi connectivity index (χ2n) is 13.7. The van der Waals surface area contributed by atoms with Crippen LogP contribution in [0.25, 0.3) is 11.1 Å². The number of likely N-dealkylation sites (tertiary alicyclic amines) is 3. The summed E-state index contributed by atoms with van der Waals surface area (Å²) in [7, 11) is 0. The minimum Gasteiger partial charge on any atom is -0.408 e. The van der Waals surface area contributed by atoms with Crippen molar-refractivity contribution in [3.8, 4) is 0 Å². The molecular weight excluding hydrogens is 634 g/mol. The number of anilines is 1. The minimum atomic E-state index is -0.591. The van der Waals surface area contributed by atoms with E-state index in [1.165, 1.54) is 19.3 Å². The Bertz CT molecular complexity index is 1700. The largest absolute Gasteiger partial charge is 0.417 e. The van der Waals surface area contributed by atoms with Gasteiger partial charge < -0.3 is 34.7 Å². The van der Waals surface area contributed by atoms with Gasteiger partial charge in [-0.25, -0.2) is 14.4 Å². The Kier molecular flexibility index (Phi) is 9.63. The van der Waals surface area contributed by atoms with Crippen molar-refractivity contribution in [2.75, 3.05) is 44.6 Å². The van der Waals surface area contributed by atoms with Gasteiger partial charge in [0.05, 0.1) is 5.02 Å². The summed E-state index contributed by atoms with van der Waals surface area (Å²) in [6, 6.07) is 11.0. The zero-order valence-corrected chi connectivity index (χ0v) is 28.0. The molecule has 4 aliphatic rings. The van der Waals surface area contributed by atoms with Crippen molar-refractivity contribution in [1.29, 1.82) is 0 Å². The van der Waals surface area contributed by atoms with E-state index in [0.29, 0.717) is 61.1 Å². The Hall–Kier alpha value is -4.03. The van der Waals surface area contributed by atoms with E-state index in [1.807, 2.05) is 34.1 Å². The smallest absolute Gasteiger partial charge is 0.408 e. The standard InChI is InChI=1S/C35H44ClN7O5/c36-28-19-23(20-30-32(28)39-35(47)48-30)18-25(21-31(44)41-14-8-26(9-15-41)40-12-4-1-5-13-40)37-33(45)42-16-10-27(11-17-42)43-22-24-6-2-3-7-29(24)38-34(43)46/h2-3,6-7,19-20,25-27H,1,4-5,8-18,21-22H2,(H,37,45)(H,38,46)(H,39,47). The fourth-order valence-corrected chi connectivity index (χ4v) is 8.19. The SMILES string of the molecule is O=C(CC(Cc1cc(Cl)c2[nH]c(=O)oc2c1)NC(=O)N1CCC(N2Cc3ccccc3NC2=O)CC1)N1CCC(N2CCCCC2)CC1. The number of H-pyrrole nitrogens is 1. The summed E-state index contributed by atoms with van der Waals surface area (Å²) in [5, 5.41) is 6.48. The maximum absolute atomic E-state index is 13.7. The van der Waals surface area contributed by atoms with Crippen molar-refractivity contribution >= 4 is 46.4 Å². The number of benzene rings is 2. The molecule has 12 nitrogen and oxygen atoms in total. The van der Waals surface area contributed by atoms with Gasteiger partial charge in [0, 0.05) is 63.0 Å². The molecule has 4 aliphatic heterocycles. The molecule has 0 radical (unpaired) electrons. The molecule has 3 fully saturated rings. The van der Waals surface area contributed by atoms with Crippen LogP contribution in [0.1, 0.15) is 62.5 Å². The third kappa shape index (κ3) is 7.19. The number of nitrogens with zero attached hydrogens (tertiary/aromatic N) is 4. The molecule has 2 aromatic carbocycles. The summed E-state index contributed by atoms with van der Waals surface area (Å²) in [6.45, 7) is 5.28. The van der Waals surface area contributed by atoms with Gasteiger partial charge >= 0.3 is 17.8 Å². The molecule has 3 N–H and O–H groups in total. The van der Waals surface area contributed by atoms with Gasteiger partial charge in [-0.3, -0.25) is 9.78 Å². The molecule has 0 bridgehead atoms. The van der Waals surface area contributed by atoms with E-state index in [0.717, 1.165) is 55.8 Å². The molecule has 48 heavy (non-hydrogen) atoms. The molecule has 1 aromatic heterocycles. The zero-order valence-electron chi connectivity index (χ0n) is 27.2. The molecular formula is C35H44ClN7O5. The molecule has 3 aromatic rings. The van der Waals surface area contributed by atoms with Crippen LogP contribution >= 0.6 is 11.6 Å². The lowest BCUT2D eigenvalue weighted by molar-refractivity contribution is -0.133. The number of para-hydroxylation sites is 1. The number of carbonyl (C=O) groups is 3. The molecule has 7 rings (SSSR count). The molecule has 0 saturated carbocycles. The number of amides is 5. The number of piperidine rings is 3. The van der Waals surface area contributed by atoms with Gasteiger partial charge in [-0.2, -0.15) is 0 Å². The molecule has 5 heterocycles. The highest BCUT2D eigenvalue weighted by molar-refractivity contribution is 6.34. The van der Waals surface area contributed by atoms with Crippen molar-refractivity contribution in [3.05, 3.63) is 63.1 Å². The first kappa shape index (κ1) is 32.5. The molecule has 5 amide bonds. The number of rotatable bonds is 7. The average Bonchev–Trinajstić information content (AvgIpc) is 3.49. The fourth-order valence-electron chi connectivity index (χ4n) is 7.91. The third-order valence-electron chi connectivity index (χ3n) is 10.6. The fraction of sp³-hybridized carbons (Fsp3) is 0.543. The predicted molar refractivity (Wildman–Crippen MR) is 183 cm³/mol. The van der Waals surface area contributed by atoms with E-state index in [-0.39, 0.29) is 30.4 Å². The normalized spacial score (nSPS) is 20.4. The lowest BCUT2D eigenvalue weighted by Gasteiger charge is -2.41. The van der Waals surface area contributed by atoms with Crippen molar-refractivity contribution in [3.63, 3.8) is 0 Å². The van der Waals surface area contributed by atoms with Crippen LogP contribution < -0.4 is 16.4 Å².